The highest BCUT2D eigenvalue weighted by Crippen LogP contribution is 2.34. The van der Waals surface area contributed by atoms with Gasteiger partial charge in [-0.3, -0.25) is 9.78 Å². The third-order valence-electron chi connectivity index (χ3n) is 4.20. The zero-order valence-electron chi connectivity index (χ0n) is 16.4. The fourth-order valence-electron chi connectivity index (χ4n) is 2.81. The zero-order valence-corrected chi connectivity index (χ0v) is 17.2. The van der Waals surface area contributed by atoms with Crippen LogP contribution in [0.5, 0.6) is 5.75 Å². The molecule has 0 radical (unpaired) electrons. The first kappa shape index (κ1) is 20.5. The van der Waals surface area contributed by atoms with Gasteiger partial charge in [0, 0.05) is 36.1 Å². The Labute approximate surface area is 173 Å². The summed E-state index contributed by atoms with van der Waals surface area (Å²) in [6, 6.07) is 7.42. The highest BCUT2D eigenvalue weighted by Gasteiger charge is 2.18. The minimum absolute atomic E-state index is 0.277. The van der Waals surface area contributed by atoms with Gasteiger partial charge in [0.1, 0.15) is 5.75 Å². The highest BCUT2D eigenvalue weighted by molar-refractivity contribution is 7.11. The molecule has 0 spiro atoms. The molecule has 3 aromatic rings. The molecular formula is C21H23N5O2S. The van der Waals surface area contributed by atoms with E-state index in [1.165, 1.54) is 11.3 Å². The summed E-state index contributed by atoms with van der Waals surface area (Å²) in [5, 5.41) is 8.73. The van der Waals surface area contributed by atoms with Gasteiger partial charge in [-0.2, -0.15) is 0 Å². The van der Waals surface area contributed by atoms with Gasteiger partial charge in [0.05, 0.1) is 40.3 Å². The standard InChI is InChI=1S/C21H23N5O2S/c1-4-19-20(25-13(2)23-9-7-22)15(12-29-19)21(27)26-17-10-14-6-5-8-24-16(14)11-18(17)28-3/h4-6,8,10-12H,1,7,9,22H2,2-3H3,(H,23,25)(H,26,27). The average Bonchev–Trinajstić information content (AvgIpc) is 3.14. The van der Waals surface area contributed by atoms with Gasteiger partial charge in [0.25, 0.3) is 5.91 Å². The van der Waals surface area contributed by atoms with Crippen LogP contribution in [0.3, 0.4) is 0 Å². The van der Waals surface area contributed by atoms with Gasteiger partial charge < -0.3 is 21.1 Å². The molecule has 1 amide bonds. The van der Waals surface area contributed by atoms with E-state index in [4.69, 9.17) is 10.5 Å². The number of carbonyl (C=O) groups excluding carboxylic acids is 1. The predicted octanol–water partition coefficient (Wildman–Crippen LogP) is 3.80. The van der Waals surface area contributed by atoms with Crippen LogP contribution in [0.2, 0.25) is 0 Å². The summed E-state index contributed by atoms with van der Waals surface area (Å²) in [6.45, 7) is 6.75. The SMILES string of the molecule is C=Cc1scc(C(=O)Nc2cc3cccnc3cc2OC)c1/N=C(\C)NCCN. The summed E-state index contributed by atoms with van der Waals surface area (Å²) in [6.07, 6.45) is 3.41. The van der Waals surface area contributed by atoms with E-state index in [0.29, 0.717) is 41.6 Å². The molecular weight excluding hydrogens is 386 g/mol. The topological polar surface area (TPSA) is 102 Å². The van der Waals surface area contributed by atoms with Gasteiger partial charge in [-0.15, -0.1) is 11.3 Å². The summed E-state index contributed by atoms with van der Waals surface area (Å²) in [4.78, 5) is 22.8. The highest BCUT2D eigenvalue weighted by atomic mass is 32.1. The predicted molar refractivity (Wildman–Crippen MR) is 120 cm³/mol. The first-order valence-corrected chi connectivity index (χ1v) is 9.92. The van der Waals surface area contributed by atoms with Crippen molar-refractivity contribution < 1.29 is 9.53 Å². The Hall–Kier alpha value is -3.23. The van der Waals surface area contributed by atoms with Crippen molar-refractivity contribution in [1.29, 1.82) is 0 Å². The largest absolute Gasteiger partial charge is 0.494 e. The lowest BCUT2D eigenvalue weighted by Gasteiger charge is -2.12. The monoisotopic (exact) mass is 409 g/mol. The minimum atomic E-state index is -0.277. The molecule has 0 unspecified atom stereocenters. The van der Waals surface area contributed by atoms with Crippen LogP contribution in [0.25, 0.3) is 17.0 Å². The van der Waals surface area contributed by atoms with Gasteiger partial charge in [0.15, 0.2) is 0 Å². The maximum absolute atomic E-state index is 13.0. The van der Waals surface area contributed by atoms with Gasteiger partial charge in [-0.05, 0) is 25.1 Å². The first-order valence-electron chi connectivity index (χ1n) is 9.04. The molecule has 1 aromatic carbocycles. The number of aliphatic imine (C=N–C) groups is 1. The molecule has 0 fully saturated rings. The van der Waals surface area contributed by atoms with Gasteiger partial charge in [0.2, 0.25) is 0 Å². The third kappa shape index (κ3) is 4.61. The van der Waals surface area contributed by atoms with Crippen molar-refractivity contribution in [2.24, 2.45) is 10.7 Å². The number of nitrogens with one attached hydrogen (secondary N) is 2. The summed E-state index contributed by atoms with van der Waals surface area (Å²) in [7, 11) is 1.56. The number of pyridine rings is 1. The molecule has 4 N–H and O–H groups in total. The molecule has 0 saturated carbocycles. The van der Waals surface area contributed by atoms with Gasteiger partial charge in [-0.25, -0.2) is 4.99 Å². The molecule has 3 rings (SSSR count). The second kappa shape index (κ2) is 9.31. The number of amidine groups is 1. The molecule has 2 heterocycles. The number of ether oxygens (including phenoxy) is 1. The number of hydrogen-bond acceptors (Lipinski definition) is 6. The Morgan fingerprint density at radius 3 is 3.00 bits per heavy atom. The number of aromatic nitrogens is 1. The molecule has 0 aliphatic rings. The molecule has 2 aromatic heterocycles. The van der Waals surface area contributed by atoms with Crippen molar-refractivity contribution in [2.45, 2.75) is 6.92 Å². The molecule has 0 aliphatic heterocycles. The number of nitrogens with zero attached hydrogens (tertiary/aromatic N) is 2. The second-order valence-corrected chi connectivity index (χ2v) is 7.09. The maximum Gasteiger partial charge on any atom is 0.258 e. The lowest BCUT2D eigenvalue weighted by molar-refractivity contribution is 0.102. The van der Waals surface area contributed by atoms with Crippen LogP contribution in [0.4, 0.5) is 11.4 Å². The van der Waals surface area contributed by atoms with E-state index in [2.05, 4.69) is 27.2 Å². The van der Waals surface area contributed by atoms with E-state index in [0.717, 1.165) is 15.8 Å². The minimum Gasteiger partial charge on any atom is -0.494 e. The number of rotatable bonds is 7. The quantitative estimate of drug-likeness (QED) is 0.407. The summed E-state index contributed by atoms with van der Waals surface area (Å²) in [5.41, 5.74) is 7.92. The molecule has 29 heavy (non-hydrogen) atoms. The second-order valence-electron chi connectivity index (χ2n) is 6.18. The molecule has 0 saturated heterocycles. The van der Waals surface area contributed by atoms with Crippen LogP contribution in [-0.4, -0.2) is 36.9 Å². The van der Waals surface area contributed by atoms with E-state index in [-0.39, 0.29) is 5.91 Å². The van der Waals surface area contributed by atoms with Gasteiger partial charge in [-0.1, -0.05) is 12.6 Å². The summed E-state index contributed by atoms with van der Waals surface area (Å²) < 4.78 is 5.44. The fourth-order valence-corrected chi connectivity index (χ4v) is 3.63. The third-order valence-corrected chi connectivity index (χ3v) is 5.17. The number of nitrogens with two attached hydrogens (primary N) is 1. The zero-order chi connectivity index (χ0) is 20.8. The first-order chi connectivity index (χ1) is 14.1. The number of amides is 1. The van der Waals surface area contributed by atoms with E-state index in [1.54, 1.807) is 30.8 Å². The van der Waals surface area contributed by atoms with E-state index < -0.39 is 0 Å². The van der Waals surface area contributed by atoms with Crippen molar-refractivity contribution in [3.05, 3.63) is 52.9 Å². The Balaban J connectivity index is 1.94. The summed E-state index contributed by atoms with van der Waals surface area (Å²) >= 11 is 1.41. The normalized spacial score (nSPS) is 11.3. The Bertz CT molecular complexity index is 1070. The van der Waals surface area contributed by atoms with Crippen molar-refractivity contribution in [3.63, 3.8) is 0 Å². The Kier molecular flexibility index (Phi) is 6.58. The Morgan fingerprint density at radius 2 is 2.28 bits per heavy atom. The molecule has 7 nitrogen and oxygen atoms in total. The number of methoxy groups -OCH3 is 1. The molecule has 0 aliphatic carbocycles. The van der Waals surface area contributed by atoms with Crippen LogP contribution in [0, 0.1) is 0 Å². The van der Waals surface area contributed by atoms with Crippen molar-refractivity contribution in [3.8, 4) is 5.75 Å². The lowest BCUT2D eigenvalue weighted by Crippen LogP contribution is -2.26. The van der Waals surface area contributed by atoms with Crippen molar-refractivity contribution in [1.82, 2.24) is 10.3 Å². The molecule has 8 heteroatoms. The van der Waals surface area contributed by atoms with E-state index >= 15 is 0 Å². The van der Waals surface area contributed by atoms with E-state index in [9.17, 15) is 4.79 Å². The van der Waals surface area contributed by atoms with Crippen LogP contribution in [-0.2, 0) is 0 Å². The number of hydrogen-bond donors (Lipinski definition) is 3. The fraction of sp³-hybridized carbons (Fsp3) is 0.190. The van der Waals surface area contributed by atoms with Crippen LogP contribution in [0.1, 0.15) is 22.2 Å². The van der Waals surface area contributed by atoms with Crippen LogP contribution >= 0.6 is 11.3 Å². The molecule has 0 atom stereocenters. The molecule has 0 bridgehead atoms. The number of anilines is 1. The number of fused-ring (bicyclic) bond motifs is 1. The van der Waals surface area contributed by atoms with Crippen molar-refractivity contribution >= 4 is 51.4 Å². The Morgan fingerprint density at radius 1 is 1.45 bits per heavy atom. The van der Waals surface area contributed by atoms with Crippen LogP contribution in [0.15, 0.2) is 47.4 Å². The molecule has 150 valence electrons. The summed E-state index contributed by atoms with van der Waals surface area (Å²) in [5.74, 6) is 0.941. The lowest BCUT2D eigenvalue weighted by atomic mass is 10.1. The number of benzene rings is 1. The van der Waals surface area contributed by atoms with Gasteiger partial charge >= 0.3 is 0 Å². The van der Waals surface area contributed by atoms with E-state index in [1.807, 2.05) is 25.1 Å². The number of thiophene rings is 1. The average molecular weight is 410 g/mol. The van der Waals surface area contributed by atoms with Crippen molar-refractivity contribution in [2.75, 3.05) is 25.5 Å². The maximum atomic E-state index is 13.0. The smallest absolute Gasteiger partial charge is 0.258 e. The number of carbonyl (C=O) groups is 1. The van der Waals surface area contributed by atoms with Crippen LogP contribution < -0.4 is 21.1 Å².